The molecule has 0 aromatic carbocycles. The van der Waals surface area contributed by atoms with Gasteiger partial charge in [0, 0.05) is 0 Å². The second kappa shape index (κ2) is 4.86. The first-order valence-electron chi connectivity index (χ1n) is 3.11. The van der Waals surface area contributed by atoms with Crippen LogP contribution >= 0.6 is 0 Å². The van der Waals surface area contributed by atoms with Crippen molar-refractivity contribution in [2.24, 2.45) is 10.4 Å². The standard InChI is InChI=1S/C5H10N2O4/c1-3(8)5(7-11)4(9)2-6-10/h3-5,8-9H,2H2,1H3. The average molecular weight is 162 g/mol. The maximum Gasteiger partial charge on any atom is 0.145 e. The second-order valence-electron chi connectivity index (χ2n) is 2.22. The van der Waals surface area contributed by atoms with Crippen LogP contribution in [0.1, 0.15) is 6.92 Å². The summed E-state index contributed by atoms with van der Waals surface area (Å²) < 4.78 is 0. The highest BCUT2D eigenvalue weighted by Crippen LogP contribution is 2.04. The SMILES string of the molecule is CC(O)C(N=O)C(O)CN=O. The van der Waals surface area contributed by atoms with E-state index >= 15 is 0 Å². The Morgan fingerprint density at radius 3 is 2.18 bits per heavy atom. The lowest BCUT2D eigenvalue weighted by molar-refractivity contribution is 0.0707. The topological polar surface area (TPSA) is 99.3 Å². The van der Waals surface area contributed by atoms with Crippen LogP contribution in [0, 0.1) is 9.81 Å². The zero-order valence-electron chi connectivity index (χ0n) is 6.04. The van der Waals surface area contributed by atoms with E-state index in [2.05, 4.69) is 10.4 Å². The lowest BCUT2D eigenvalue weighted by Crippen LogP contribution is -2.35. The van der Waals surface area contributed by atoms with Crippen LogP contribution in [0.15, 0.2) is 10.4 Å². The minimum Gasteiger partial charge on any atom is -0.391 e. The van der Waals surface area contributed by atoms with E-state index in [1.165, 1.54) is 6.92 Å². The van der Waals surface area contributed by atoms with Gasteiger partial charge in [-0.3, -0.25) is 0 Å². The van der Waals surface area contributed by atoms with Crippen molar-refractivity contribution < 1.29 is 10.2 Å². The van der Waals surface area contributed by atoms with Crippen molar-refractivity contribution in [2.45, 2.75) is 25.2 Å². The van der Waals surface area contributed by atoms with E-state index in [0.717, 1.165) is 0 Å². The molecule has 0 aliphatic heterocycles. The molecule has 0 aromatic heterocycles. The Balaban J connectivity index is 4.01. The smallest absolute Gasteiger partial charge is 0.145 e. The zero-order chi connectivity index (χ0) is 8.85. The number of aliphatic hydroxyl groups excluding tert-OH is 2. The van der Waals surface area contributed by atoms with Crippen LogP contribution < -0.4 is 0 Å². The fourth-order valence-electron chi connectivity index (χ4n) is 0.664. The van der Waals surface area contributed by atoms with Crippen molar-refractivity contribution >= 4 is 0 Å². The molecule has 64 valence electrons. The minimum absolute atomic E-state index is 0.429. The summed E-state index contributed by atoms with van der Waals surface area (Å²) in [5.74, 6) is 0. The Kier molecular flexibility index (Phi) is 4.47. The van der Waals surface area contributed by atoms with E-state index in [-0.39, 0.29) is 0 Å². The van der Waals surface area contributed by atoms with Crippen molar-refractivity contribution in [3.63, 3.8) is 0 Å². The molecule has 0 aliphatic carbocycles. The molecule has 2 N–H and O–H groups in total. The van der Waals surface area contributed by atoms with Crippen LogP contribution in [-0.4, -0.2) is 35.0 Å². The van der Waals surface area contributed by atoms with Crippen LogP contribution in [0.5, 0.6) is 0 Å². The first-order chi connectivity index (χ1) is 5.13. The summed E-state index contributed by atoms with van der Waals surface area (Å²) in [6.45, 7) is 0.876. The van der Waals surface area contributed by atoms with Gasteiger partial charge in [-0.2, -0.15) is 9.81 Å². The molecule has 0 saturated heterocycles. The van der Waals surface area contributed by atoms with Gasteiger partial charge >= 0.3 is 0 Å². The van der Waals surface area contributed by atoms with Crippen LogP contribution in [-0.2, 0) is 0 Å². The highest BCUT2D eigenvalue weighted by Gasteiger charge is 2.24. The molecule has 6 heteroatoms. The Hall–Kier alpha value is -0.880. The fourth-order valence-corrected chi connectivity index (χ4v) is 0.664. The molecule has 0 rings (SSSR count). The summed E-state index contributed by atoms with van der Waals surface area (Å²) in [4.78, 5) is 19.6. The number of hydrogen-bond donors (Lipinski definition) is 2. The van der Waals surface area contributed by atoms with Gasteiger partial charge in [-0.05, 0) is 6.92 Å². The van der Waals surface area contributed by atoms with Gasteiger partial charge in [-0.1, -0.05) is 10.4 Å². The first kappa shape index (κ1) is 10.1. The summed E-state index contributed by atoms with van der Waals surface area (Å²) in [5.41, 5.74) is 0. The Labute approximate surface area is 63.2 Å². The monoisotopic (exact) mass is 162 g/mol. The van der Waals surface area contributed by atoms with Crippen LogP contribution in [0.3, 0.4) is 0 Å². The highest BCUT2D eigenvalue weighted by molar-refractivity contribution is 4.81. The predicted molar refractivity (Wildman–Crippen MR) is 37.9 cm³/mol. The van der Waals surface area contributed by atoms with Crippen molar-refractivity contribution in [1.82, 2.24) is 0 Å². The van der Waals surface area contributed by atoms with Crippen LogP contribution in [0.4, 0.5) is 0 Å². The number of rotatable bonds is 5. The average Bonchev–Trinajstić information content (AvgIpc) is 1.88. The van der Waals surface area contributed by atoms with E-state index in [0.29, 0.717) is 0 Å². The summed E-state index contributed by atoms with van der Waals surface area (Å²) >= 11 is 0. The first-order valence-corrected chi connectivity index (χ1v) is 3.11. The summed E-state index contributed by atoms with van der Waals surface area (Å²) in [7, 11) is 0. The molecule has 0 saturated carbocycles. The maximum absolute atomic E-state index is 9.95. The third-order valence-corrected chi connectivity index (χ3v) is 1.27. The Morgan fingerprint density at radius 1 is 1.36 bits per heavy atom. The third-order valence-electron chi connectivity index (χ3n) is 1.27. The molecule has 0 aliphatic rings. The van der Waals surface area contributed by atoms with Gasteiger partial charge in [-0.15, -0.1) is 0 Å². The molecule has 0 spiro atoms. The lowest BCUT2D eigenvalue weighted by Gasteiger charge is -2.15. The predicted octanol–water partition coefficient (Wildman–Crippen LogP) is -0.371. The minimum atomic E-state index is -1.29. The van der Waals surface area contributed by atoms with Crippen molar-refractivity contribution in [3.05, 3.63) is 9.81 Å². The number of nitroso groups, excluding NO2 is 2. The molecule has 0 heterocycles. The maximum atomic E-state index is 9.95. The van der Waals surface area contributed by atoms with Crippen molar-refractivity contribution in [2.75, 3.05) is 6.54 Å². The van der Waals surface area contributed by atoms with E-state index in [4.69, 9.17) is 10.2 Å². The molecule has 3 unspecified atom stereocenters. The van der Waals surface area contributed by atoms with Gasteiger partial charge in [-0.25, -0.2) is 0 Å². The van der Waals surface area contributed by atoms with Gasteiger partial charge in [0.2, 0.25) is 0 Å². The fraction of sp³-hybridized carbons (Fsp3) is 1.00. The van der Waals surface area contributed by atoms with Gasteiger partial charge in [0.15, 0.2) is 0 Å². The van der Waals surface area contributed by atoms with Gasteiger partial charge < -0.3 is 10.2 Å². The molecule has 0 aromatic rings. The zero-order valence-corrected chi connectivity index (χ0v) is 6.04. The van der Waals surface area contributed by atoms with Crippen LogP contribution in [0.25, 0.3) is 0 Å². The normalized spacial score (nSPS) is 18.5. The molecule has 11 heavy (non-hydrogen) atoms. The summed E-state index contributed by atoms with van der Waals surface area (Å²) in [5, 5.41) is 22.6. The molecule has 0 fully saturated rings. The Morgan fingerprint density at radius 2 is 1.91 bits per heavy atom. The number of nitrogens with zero attached hydrogens (tertiary/aromatic N) is 2. The molecule has 6 nitrogen and oxygen atoms in total. The largest absolute Gasteiger partial charge is 0.391 e. The summed E-state index contributed by atoms with van der Waals surface area (Å²) in [6, 6.07) is -1.17. The van der Waals surface area contributed by atoms with Gasteiger partial charge in [0.1, 0.15) is 18.7 Å². The molecule has 0 radical (unpaired) electrons. The molecular weight excluding hydrogens is 152 g/mol. The molecule has 0 amide bonds. The second-order valence-corrected chi connectivity index (χ2v) is 2.22. The number of hydrogen-bond acceptors (Lipinski definition) is 6. The van der Waals surface area contributed by atoms with E-state index in [9.17, 15) is 9.81 Å². The van der Waals surface area contributed by atoms with Crippen molar-refractivity contribution in [3.8, 4) is 0 Å². The number of aliphatic hydroxyl groups is 2. The Bertz CT molecular complexity index is 138. The van der Waals surface area contributed by atoms with Gasteiger partial charge in [0.25, 0.3) is 0 Å². The van der Waals surface area contributed by atoms with Crippen molar-refractivity contribution in [1.29, 1.82) is 0 Å². The van der Waals surface area contributed by atoms with Crippen LogP contribution in [0.2, 0.25) is 0 Å². The van der Waals surface area contributed by atoms with Gasteiger partial charge in [0.05, 0.1) is 6.10 Å². The molecule has 3 atom stereocenters. The summed E-state index contributed by atoms with van der Waals surface area (Å²) in [6.07, 6.45) is -2.35. The van der Waals surface area contributed by atoms with E-state index in [1.807, 2.05) is 0 Å². The quantitative estimate of drug-likeness (QED) is 0.538. The van der Waals surface area contributed by atoms with E-state index in [1.54, 1.807) is 0 Å². The molecular formula is C5H10N2O4. The highest BCUT2D eigenvalue weighted by atomic mass is 16.3. The molecule has 0 bridgehead atoms. The lowest BCUT2D eigenvalue weighted by atomic mass is 10.1. The third kappa shape index (κ3) is 3.15. The van der Waals surface area contributed by atoms with E-state index < -0.39 is 24.8 Å².